The Hall–Kier alpha value is -4.86. The molecular weight excluding hydrogens is 610 g/mol. The van der Waals surface area contributed by atoms with E-state index in [0.29, 0.717) is 45.0 Å². The molecule has 0 aliphatic carbocycles. The molecule has 4 aromatic rings. The lowest BCUT2D eigenvalue weighted by atomic mass is 10.1. The molecule has 11 heteroatoms. The molecule has 0 bridgehead atoms. The molecule has 0 atom stereocenters. The Balaban J connectivity index is 1.32. The van der Waals surface area contributed by atoms with Crippen molar-refractivity contribution in [3.8, 4) is 17.2 Å². The number of amides is 4. The van der Waals surface area contributed by atoms with Crippen LogP contribution >= 0.6 is 23.2 Å². The monoisotopic (exact) mass is 634 g/mol. The second kappa shape index (κ2) is 13.6. The zero-order valence-electron chi connectivity index (χ0n) is 23.3. The van der Waals surface area contributed by atoms with Crippen molar-refractivity contribution in [1.29, 1.82) is 0 Å². The number of nitrogens with zero attached hydrogens (tertiary/aromatic N) is 1. The predicted molar refractivity (Wildman–Crippen MR) is 165 cm³/mol. The number of urea groups is 1. The van der Waals surface area contributed by atoms with Gasteiger partial charge in [0.25, 0.3) is 11.8 Å². The van der Waals surface area contributed by atoms with Gasteiger partial charge in [-0.15, -0.1) is 0 Å². The third kappa shape index (κ3) is 7.19. The standard InChI is InChI=1S/C33H25Cl2FN2O6/c1-2-42-30-16-20(6-13-29(30)44-18-21-4-3-5-24(36)14-21)15-27-31(39)37-33(41)38(32(27)40)25-9-11-26(12-10-25)43-19-22-7-8-23(34)17-28(22)35/h3-17H,2,18-19H2,1H3,(H,37,39,41)/b27-15+. The highest BCUT2D eigenvalue weighted by Gasteiger charge is 2.36. The van der Waals surface area contributed by atoms with Gasteiger partial charge in [0.1, 0.15) is 30.4 Å². The number of carbonyl (C=O) groups is 3. The first kappa shape index (κ1) is 30.6. The van der Waals surface area contributed by atoms with Crippen LogP contribution in [0, 0.1) is 5.82 Å². The first-order valence-electron chi connectivity index (χ1n) is 13.4. The highest BCUT2D eigenvalue weighted by molar-refractivity contribution is 6.39. The molecular formula is C33H25Cl2FN2O6. The van der Waals surface area contributed by atoms with Crippen LogP contribution in [0.1, 0.15) is 23.6 Å². The van der Waals surface area contributed by atoms with Crippen LogP contribution in [0.4, 0.5) is 14.9 Å². The van der Waals surface area contributed by atoms with E-state index in [-0.39, 0.29) is 30.3 Å². The molecule has 0 saturated carbocycles. The second-order valence-corrected chi connectivity index (χ2v) is 10.4. The van der Waals surface area contributed by atoms with Crippen LogP contribution < -0.4 is 24.4 Å². The molecule has 1 saturated heterocycles. The van der Waals surface area contributed by atoms with Gasteiger partial charge in [0.05, 0.1) is 12.3 Å². The van der Waals surface area contributed by atoms with Crippen molar-refractivity contribution in [1.82, 2.24) is 5.32 Å². The van der Waals surface area contributed by atoms with E-state index in [1.165, 1.54) is 30.3 Å². The number of hydrogen-bond acceptors (Lipinski definition) is 6. The maximum atomic E-state index is 13.5. The Morgan fingerprint density at radius 3 is 2.36 bits per heavy atom. The third-order valence-electron chi connectivity index (χ3n) is 6.47. The molecule has 0 unspecified atom stereocenters. The molecule has 224 valence electrons. The van der Waals surface area contributed by atoms with Gasteiger partial charge >= 0.3 is 6.03 Å². The molecule has 1 aliphatic heterocycles. The van der Waals surface area contributed by atoms with Crippen LogP contribution in [-0.2, 0) is 22.8 Å². The first-order chi connectivity index (χ1) is 21.2. The maximum absolute atomic E-state index is 13.5. The predicted octanol–water partition coefficient (Wildman–Crippen LogP) is 7.36. The summed E-state index contributed by atoms with van der Waals surface area (Å²) < 4.78 is 30.9. The van der Waals surface area contributed by atoms with Crippen LogP contribution in [0.25, 0.3) is 6.08 Å². The molecule has 0 spiro atoms. The van der Waals surface area contributed by atoms with Gasteiger partial charge in [-0.25, -0.2) is 14.1 Å². The summed E-state index contributed by atoms with van der Waals surface area (Å²) in [7, 11) is 0. The van der Waals surface area contributed by atoms with Crippen LogP contribution in [0.15, 0.2) is 90.5 Å². The highest BCUT2D eigenvalue weighted by Crippen LogP contribution is 2.31. The zero-order valence-corrected chi connectivity index (χ0v) is 24.8. The van der Waals surface area contributed by atoms with Crippen LogP contribution in [0.3, 0.4) is 0 Å². The number of nitrogens with one attached hydrogen (secondary N) is 1. The van der Waals surface area contributed by atoms with Gasteiger partial charge in [-0.3, -0.25) is 14.9 Å². The summed E-state index contributed by atoms with van der Waals surface area (Å²) in [6, 6.07) is 21.4. The number of anilines is 1. The fourth-order valence-corrected chi connectivity index (χ4v) is 4.80. The van der Waals surface area contributed by atoms with Gasteiger partial charge < -0.3 is 14.2 Å². The molecule has 4 amide bonds. The Morgan fingerprint density at radius 1 is 0.841 bits per heavy atom. The van der Waals surface area contributed by atoms with Crippen molar-refractivity contribution in [2.24, 2.45) is 0 Å². The van der Waals surface area contributed by atoms with E-state index in [1.54, 1.807) is 67.6 Å². The molecule has 44 heavy (non-hydrogen) atoms. The van der Waals surface area contributed by atoms with Crippen molar-refractivity contribution in [3.05, 3.63) is 123 Å². The lowest BCUT2D eigenvalue weighted by Crippen LogP contribution is -2.54. The van der Waals surface area contributed by atoms with Crippen molar-refractivity contribution >= 4 is 52.8 Å². The minimum Gasteiger partial charge on any atom is -0.490 e. The largest absolute Gasteiger partial charge is 0.490 e. The van der Waals surface area contributed by atoms with E-state index < -0.39 is 17.8 Å². The van der Waals surface area contributed by atoms with Gasteiger partial charge in [0.15, 0.2) is 11.5 Å². The Morgan fingerprint density at radius 2 is 1.64 bits per heavy atom. The molecule has 1 fully saturated rings. The first-order valence-corrected chi connectivity index (χ1v) is 14.2. The number of halogens is 3. The van der Waals surface area contributed by atoms with E-state index >= 15 is 0 Å². The zero-order chi connectivity index (χ0) is 31.2. The summed E-state index contributed by atoms with van der Waals surface area (Å²) in [4.78, 5) is 39.7. The van der Waals surface area contributed by atoms with Gasteiger partial charge in [-0.1, -0.05) is 47.5 Å². The number of imide groups is 2. The van der Waals surface area contributed by atoms with E-state index in [0.717, 1.165) is 10.5 Å². The van der Waals surface area contributed by atoms with Crippen molar-refractivity contribution in [2.75, 3.05) is 11.5 Å². The molecule has 1 heterocycles. The fraction of sp³-hybridized carbons (Fsp3) is 0.121. The number of barbiturate groups is 1. The van der Waals surface area contributed by atoms with Crippen LogP contribution in [-0.4, -0.2) is 24.5 Å². The summed E-state index contributed by atoms with van der Waals surface area (Å²) >= 11 is 12.1. The molecule has 1 N–H and O–H groups in total. The molecule has 8 nitrogen and oxygen atoms in total. The van der Waals surface area contributed by atoms with E-state index in [1.807, 2.05) is 0 Å². The van der Waals surface area contributed by atoms with E-state index in [4.69, 9.17) is 37.4 Å². The van der Waals surface area contributed by atoms with Crippen LogP contribution in [0.5, 0.6) is 17.2 Å². The summed E-state index contributed by atoms with van der Waals surface area (Å²) in [6.45, 7) is 2.41. The Labute approximate surface area is 262 Å². The Bertz CT molecular complexity index is 1760. The van der Waals surface area contributed by atoms with E-state index in [9.17, 15) is 18.8 Å². The second-order valence-electron chi connectivity index (χ2n) is 9.53. The SMILES string of the molecule is CCOc1cc(/C=C2\C(=O)NC(=O)N(c3ccc(OCc4ccc(Cl)cc4Cl)cc3)C2=O)ccc1OCc1cccc(F)c1. The average Bonchev–Trinajstić information content (AvgIpc) is 2.99. The fourth-order valence-electron chi connectivity index (χ4n) is 4.34. The normalized spacial score (nSPS) is 14.0. The summed E-state index contributed by atoms with van der Waals surface area (Å²) in [5.74, 6) is -0.768. The number of hydrogen-bond donors (Lipinski definition) is 1. The third-order valence-corrected chi connectivity index (χ3v) is 7.05. The number of benzene rings is 4. The minimum atomic E-state index is -0.880. The number of ether oxygens (including phenoxy) is 3. The lowest BCUT2D eigenvalue weighted by molar-refractivity contribution is -0.122. The molecule has 0 radical (unpaired) electrons. The lowest BCUT2D eigenvalue weighted by Gasteiger charge is -2.26. The van der Waals surface area contributed by atoms with Gasteiger partial charge in [-0.05, 0) is 84.8 Å². The topological polar surface area (TPSA) is 94.2 Å². The molecule has 1 aliphatic rings. The Kier molecular flexibility index (Phi) is 9.47. The van der Waals surface area contributed by atoms with Gasteiger partial charge in [0.2, 0.25) is 0 Å². The summed E-state index contributed by atoms with van der Waals surface area (Å²) in [6.07, 6.45) is 1.36. The van der Waals surface area contributed by atoms with Gasteiger partial charge in [0, 0.05) is 15.6 Å². The summed E-state index contributed by atoms with van der Waals surface area (Å²) in [5.41, 5.74) is 1.82. The van der Waals surface area contributed by atoms with Gasteiger partial charge in [-0.2, -0.15) is 0 Å². The van der Waals surface area contributed by atoms with Crippen LogP contribution in [0.2, 0.25) is 10.0 Å². The molecule has 4 aromatic carbocycles. The maximum Gasteiger partial charge on any atom is 0.335 e. The van der Waals surface area contributed by atoms with Crippen molar-refractivity contribution < 1.29 is 33.0 Å². The molecule has 5 rings (SSSR count). The quantitative estimate of drug-likeness (QED) is 0.145. The van der Waals surface area contributed by atoms with Crippen molar-refractivity contribution in [3.63, 3.8) is 0 Å². The number of carbonyl (C=O) groups excluding carboxylic acids is 3. The minimum absolute atomic E-state index is 0.106. The van der Waals surface area contributed by atoms with E-state index in [2.05, 4.69) is 5.32 Å². The smallest absolute Gasteiger partial charge is 0.335 e. The summed E-state index contributed by atoms with van der Waals surface area (Å²) in [5, 5.41) is 3.19. The highest BCUT2D eigenvalue weighted by atomic mass is 35.5. The number of rotatable bonds is 10. The average molecular weight is 635 g/mol. The van der Waals surface area contributed by atoms with Crippen molar-refractivity contribution in [2.45, 2.75) is 20.1 Å². The molecule has 0 aromatic heterocycles.